The minimum Gasteiger partial charge on any atom is -0.398 e. The second-order valence-electron chi connectivity index (χ2n) is 3.63. The molecule has 90 valence electrons. The standard InChI is InChI=1S/C11H18N2O3/c1-9(8-15-2)16-6-5-13-7-10(12)3-4-11(13)14/h3-4,7,9H,5-6,8,12H2,1-2H3. The zero-order valence-corrected chi connectivity index (χ0v) is 9.68. The van der Waals surface area contributed by atoms with Crippen LogP contribution in [0.3, 0.4) is 0 Å². The molecule has 0 amide bonds. The maximum Gasteiger partial charge on any atom is 0.250 e. The molecule has 0 spiro atoms. The van der Waals surface area contributed by atoms with Crippen LogP contribution in [-0.4, -0.2) is 31.0 Å². The van der Waals surface area contributed by atoms with Gasteiger partial charge in [-0.15, -0.1) is 0 Å². The summed E-state index contributed by atoms with van der Waals surface area (Å²) in [5, 5.41) is 0. The Labute approximate surface area is 94.8 Å². The maximum atomic E-state index is 11.4. The second kappa shape index (κ2) is 6.30. The lowest BCUT2D eigenvalue weighted by Gasteiger charge is -2.12. The fourth-order valence-corrected chi connectivity index (χ4v) is 1.36. The molecule has 5 heteroatoms. The van der Waals surface area contributed by atoms with Gasteiger partial charge in [-0.05, 0) is 13.0 Å². The third kappa shape index (κ3) is 4.04. The van der Waals surface area contributed by atoms with Crippen molar-refractivity contribution in [3.63, 3.8) is 0 Å². The Bertz CT molecular complexity index is 376. The molecule has 2 N–H and O–H groups in total. The van der Waals surface area contributed by atoms with Crippen LogP contribution in [0.5, 0.6) is 0 Å². The number of ether oxygens (including phenoxy) is 2. The van der Waals surface area contributed by atoms with Gasteiger partial charge in [0.15, 0.2) is 0 Å². The van der Waals surface area contributed by atoms with E-state index in [1.807, 2.05) is 6.92 Å². The Morgan fingerprint density at radius 2 is 2.25 bits per heavy atom. The van der Waals surface area contributed by atoms with Gasteiger partial charge < -0.3 is 19.8 Å². The Hall–Kier alpha value is -1.33. The molecule has 1 rings (SSSR count). The highest BCUT2D eigenvalue weighted by atomic mass is 16.5. The van der Waals surface area contributed by atoms with Crippen molar-refractivity contribution in [3.05, 3.63) is 28.7 Å². The van der Waals surface area contributed by atoms with Crippen LogP contribution in [-0.2, 0) is 16.0 Å². The van der Waals surface area contributed by atoms with Gasteiger partial charge in [-0.25, -0.2) is 0 Å². The van der Waals surface area contributed by atoms with Gasteiger partial charge in [0.25, 0.3) is 5.56 Å². The summed E-state index contributed by atoms with van der Waals surface area (Å²) in [6.45, 7) is 3.43. The normalized spacial score (nSPS) is 12.6. The van der Waals surface area contributed by atoms with E-state index in [1.165, 1.54) is 10.6 Å². The van der Waals surface area contributed by atoms with Crippen LogP contribution in [0.2, 0.25) is 0 Å². The zero-order valence-electron chi connectivity index (χ0n) is 9.68. The van der Waals surface area contributed by atoms with E-state index in [4.69, 9.17) is 15.2 Å². The van der Waals surface area contributed by atoms with Gasteiger partial charge in [0, 0.05) is 31.6 Å². The van der Waals surface area contributed by atoms with Crippen LogP contribution >= 0.6 is 0 Å². The van der Waals surface area contributed by atoms with Crippen molar-refractivity contribution >= 4 is 5.69 Å². The van der Waals surface area contributed by atoms with Crippen LogP contribution in [0.15, 0.2) is 23.1 Å². The molecule has 1 unspecified atom stereocenters. The number of pyridine rings is 1. The van der Waals surface area contributed by atoms with Crippen LogP contribution in [0.4, 0.5) is 5.69 Å². The Morgan fingerprint density at radius 1 is 1.50 bits per heavy atom. The van der Waals surface area contributed by atoms with Gasteiger partial charge in [0.05, 0.1) is 19.3 Å². The largest absolute Gasteiger partial charge is 0.398 e. The highest BCUT2D eigenvalue weighted by Crippen LogP contribution is 1.97. The van der Waals surface area contributed by atoms with Gasteiger partial charge in [-0.3, -0.25) is 4.79 Å². The summed E-state index contributed by atoms with van der Waals surface area (Å²) in [6.07, 6.45) is 1.65. The van der Waals surface area contributed by atoms with E-state index < -0.39 is 0 Å². The molecule has 1 aromatic rings. The minimum absolute atomic E-state index is 0.0294. The smallest absolute Gasteiger partial charge is 0.250 e. The molecular weight excluding hydrogens is 208 g/mol. The average Bonchev–Trinajstić information content (AvgIpc) is 2.23. The first-order chi connectivity index (χ1) is 7.63. The summed E-state index contributed by atoms with van der Waals surface area (Å²) < 4.78 is 11.9. The molecule has 0 fully saturated rings. The molecule has 0 bridgehead atoms. The highest BCUT2D eigenvalue weighted by Gasteiger charge is 2.01. The highest BCUT2D eigenvalue weighted by molar-refractivity contribution is 5.33. The van der Waals surface area contributed by atoms with E-state index in [0.717, 1.165) is 0 Å². The number of hydrogen-bond acceptors (Lipinski definition) is 4. The number of rotatable bonds is 6. The fourth-order valence-electron chi connectivity index (χ4n) is 1.36. The van der Waals surface area contributed by atoms with Gasteiger partial charge in [0.2, 0.25) is 0 Å². The SMILES string of the molecule is COCC(C)OCCn1cc(N)ccc1=O. The van der Waals surface area contributed by atoms with E-state index in [9.17, 15) is 4.79 Å². The van der Waals surface area contributed by atoms with E-state index in [-0.39, 0.29) is 11.7 Å². The molecular formula is C11H18N2O3. The third-order valence-electron chi connectivity index (χ3n) is 2.14. The molecule has 0 aliphatic rings. The quantitative estimate of drug-likeness (QED) is 0.766. The summed E-state index contributed by atoms with van der Waals surface area (Å²) >= 11 is 0. The van der Waals surface area contributed by atoms with Gasteiger partial charge >= 0.3 is 0 Å². The lowest BCUT2D eigenvalue weighted by Crippen LogP contribution is -2.24. The summed E-state index contributed by atoms with van der Waals surface area (Å²) in [6, 6.07) is 3.04. The molecule has 0 aliphatic carbocycles. The van der Waals surface area contributed by atoms with Crippen LogP contribution < -0.4 is 11.3 Å². The topological polar surface area (TPSA) is 66.5 Å². The van der Waals surface area contributed by atoms with E-state index >= 15 is 0 Å². The van der Waals surface area contributed by atoms with E-state index in [2.05, 4.69) is 0 Å². The van der Waals surface area contributed by atoms with Crippen molar-refractivity contribution in [1.29, 1.82) is 0 Å². The maximum absolute atomic E-state index is 11.4. The first-order valence-electron chi connectivity index (χ1n) is 5.20. The van der Waals surface area contributed by atoms with Gasteiger partial charge in [-0.2, -0.15) is 0 Å². The molecule has 0 aromatic carbocycles. The fraction of sp³-hybridized carbons (Fsp3) is 0.545. The average molecular weight is 226 g/mol. The Morgan fingerprint density at radius 3 is 2.94 bits per heavy atom. The molecule has 1 aromatic heterocycles. The lowest BCUT2D eigenvalue weighted by atomic mass is 10.4. The summed E-state index contributed by atoms with van der Waals surface area (Å²) in [5.41, 5.74) is 6.09. The number of methoxy groups -OCH3 is 1. The van der Waals surface area contributed by atoms with Crippen molar-refractivity contribution in [3.8, 4) is 0 Å². The predicted octanol–water partition coefficient (Wildman–Crippen LogP) is 0.482. The van der Waals surface area contributed by atoms with Crippen molar-refractivity contribution in [2.24, 2.45) is 0 Å². The van der Waals surface area contributed by atoms with E-state index in [0.29, 0.717) is 25.4 Å². The number of nitrogen functional groups attached to an aromatic ring is 1. The Balaban J connectivity index is 2.43. The molecule has 1 atom stereocenters. The summed E-state index contributed by atoms with van der Waals surface area (Å²) in [7, 11) is 1.63. The van der Waals surface area contributed by atoms with Gasteiger partial charge in [0.1, 0.15) is 0 Å². The zero-order chi connectivity index (χ0) is 12.0. The van der Waals surface area contributed by atoms with Crippen molar-refractivity contribution in [2.45, 2.75) is 19.6 Å². The lowest BCUT2D eigenvalue weighted by molar-refractivity contribution is 0.00573. The van der Waals surface area contributed by atoms with Crippen LogP contribution in [0.1, 0.15) is 6.92 Å². The molecule has 0 aliphatic heterocycles. The molecule has 0 saturated heterocycles. The van der Waals surface area contributed by atoms with Crippen molar-refractivity contribution < 1.29 is 9.47 Å². The first-order valence-corrected chi connectivity index (χ1v) is 5.20. The monoisotopic (exact) mass is 226 g/mol. The molecule has 1 heterocycles. The van der Waals surface area contributed by atoms with Gasteiger partial charge in [-0.1, -0.05) is 0 Å². The summed E-state index contributed by atoms with van der Waals surface area (Å²) in [5.74, 6) is 0. The van der Waals surface area contributed by atoms with Crippen LogP contribution in [0, 0.1) is 0 Å². The predicted molar refractivity (Wildman–Crippen MR) is 62.4 cm³/mol. The molecule has 0 radical (unpaired) electrons. The van der Waals surface area contributed by atoms with Crippen molar-refractivity contribution in [1.82, 2.24) is 4.57 Å². The second-order valence-corrected chi connectivity index (χ2v) is 3.63. The number of anilines is 1. The number of hydrogen-bond donors (Lipinski definition) is 1. The minimum atomic E-state index is -0.0720. The molecule has 16 heavy (non-hydrogen) atoms. The number of nitrogens with two attached hydrogens (primary N) is 1. The van der Waals surface area contributed by atoms with Crippen LogP contribution in [0.25, 0.3) is 0 Å². The number of aromatic nitrogens is 1. The third-order valence-corrected chi connectivity index (χ3v) is 2.14. The molecule has 5 nitrogen and oxygen atoms in total. The number of nitrogens with zero attached hydrogens (tertiary/aromatic N) is 1. The summed E-state index contributed by atoms with van der Waals surface area (Å²) in [4.78, 5) is 11.4. The van der Waals surface area contributed by atoms with Crippen molar-refractivity contribution in [2.75, 3.05) is 26.1 Å². The van der Waals surface area contributed by atoms with E-state index in [1.54, 1.807) is 19.4 Å². The molecule has 0 saturated carbocycles. The Kier molecular flexibility index (Phi) is 5.01. The first kappa shape index (κ1) is 12.7.